The van der Waals surface area contributed by atoms with E-state index in [4.69, 9.17) is 0 Å². The van der Waals surface area contributed by atoms with Crippen molar-refractivity contribution in [3.63, 3.8) is 0 Å². The number of alkyl halides is 1. The molecular weight excluding hydrogens is 306 g/mol. The van der Waals surface area contributed by atoms with E-state index in [0.29, 0.717) is 6.04 Å². The van der Waals surface area contributed by atoms with Crippen molar-refractivity contribution in [3.8, 4) is 0 Å². The predicted octanol–water partition coefficient (Wildman–Crippen LogP) is 3.66. The van der Waals surface area contributed by atoms with E-state index in [2.05, 4.69) is 75.0 Å². The summed E-state index contributed by atoms with van der Waals surface area (Å²) in [6.45, 7) is 3.22. The van der Waals surface area contributed by atoms with Crippen molar-refractivity contribution in [2.45, 2.75) is 19.5 Å². The Morgan fingerprint density at radius 1 is 1.29 bits per heavy atom. The summed E-state index contributed by atoms with van der Waals surface area (Å²) in [4.78, 5) is 2.33. The van der Waals surface area contributed by atoms with Crippen molar-refractivity contribution in [2.75, 3.05) is 12.4 Å². The zero-order chi connectivity index (χ0) is 10.6. The number of hydrogen-bond donors (Lipinski definition) is 0. The molecule has 0 amide bonds. The Bertz CT molecular complexity index is 271. The number of hydrogen-bond acceptors (Lipinski definition) is 1. The van der Waals surface area contributed by atoms with E-state index in [1.165, 1.54) is 5.56 Å². The van der Waals surface area contributed by atoms with Crippen molar-refractivity contribution >= 4 is 31.9 Å². The lowest BCUT2D eigenvalue weighted by Crippen LogP contribution is -2.29. The van der Waals surface area contributed by atoms with Crippen molar-refractivity contribution in [2.24, 2.45) is 0 Å². The molecule has 0 saturated heterocycles. The molecule has 1 unspecified atom stereocenters. The van der Waals surface area contributed by atoms with E-state index in [-0.39, 0.29) is 0 Å². The quantitative estimate of drug-likeness (QED) is 0.765. The highest BCUT2D eigenvalue weighted by molar-refractivity contribution is 9.10. The minimum absolute atomic E-state index is 0.568. The molecule has 0 radical (unpaired) electrons. The molecule has 1 aromatic carbocycles. The Morgan fingerprint density at radius 3 is 2.36 bits per heavy atom. The lowest BCUT2D eigenvalue weighted by Gasteiger charge is -2.22. The van der Waals surface area contributed by atoms with Gasteiger partial charge in [0.15, 0.2) is 0 Å². The van der Waals surface area contributed by atoms with Gasteiger partial charge in [-0.2, -0.15) is 0 Å². The molecule has 1 atom stereocenters. The third-order valence-corrected chi connectivity index (χ3v) is 3.79. The summed E-state index contributed by atoms with van der Waals surface area (Å²) in [5.41, 5.74) is 1.35. The van der Waals surface area contributed by atoms with E-state index in [9.17, 15) is 0 Å². The Labute approximate surface area is 103 Å². The van der Waals surface area contributed by atoms with Crippen LogP contribution in [0.5, 0.6) is 0 Å². The number of benzene rings is 1. The lowest BCUT2D eigenvalue weighted by molar-refractivity contribution is 0.271. The number of halogens is 2. The smallest absolute Gasteiger partial charge is 0.0233 e. The summed E-state index contributed by atoms with van der Waals surface area (Å²) in [5.74, 6) is 0. The van der Waals surface area contributed by atoms with E-state index in [1.54, 1.807) is 0 Å². The first-order valence-corrected chi connectivity index (χ1v) is 6.55. The molecule has 0 N–H and O–H groups in total. The van der Waals surface area contributed by atoms with Crippen LogP contribution in [0, 0.1) is 0 Å². The van der Waals surface area contributed by atoms with Crippen LogP contribution in [0.3, 0.4) is 0 Å². The Balaban J connectivity index is 2.56. The molecule has 0 saturated carbocycles. The van der Waals surface area contributed by atoms with Crippen LogP contribution >= 0.6 is 31.9 Å². The topological polar surface area (TPSA) is 3.24 Å². The predicted molar refractivity (Wildman–Crippen MR) is 68.9 cm³/mol. The maximum Gasteiger partial charge on any atom is 0.0233 e. The van der Waals surface area contributed by atoms with Gasteiger partial charge in [0, 0.05) is 22.4 Å². The van der Waals surface area contributed by atoms with Crippen LogP contribution in [-0.4, -0.2) is 23.3 Å². The molecule has 1 aromatic rings. The third kappa shape index (κ3) is 3.71. The van der Waals surface area contributed by atoms with Crippen LogP contribution in [0.4, 0.5) is 0 Å². The maximum atomic E-state index is 3.49. The molecule has 0 aliphatic rings. The van der Waals surface area contributed by atoms with Crippen molar-refractivity contribution in [3.05, 3.63) is 34.3 Å². The summed E-state index contributed by atoms with van der Waals surface area (Å²) in [7, 11) is 2.15. The largest absolute Gasteiger partial charge is 0.299 e. The van der Waals surface area contributed by atoms with Crippen LogP contribution < -0.4 is 0 Å². The highest BCUT2D eigenvalue weighted by atomic mass is 79.9. The normalized spacial score (nSPS) is 13.2. The van der Waals surface area contributed by atoms with Gasteiger partial charge < -0.3 is 0 Å². The first-order chi connectivity index (χ1) is 6.63. The second kappa shape index (κ2) is 5.89. The van der Waals surface area contributed by atoms with Gasteiger partial charge in [0.05, 0.1) is 0 Å². The van der Waals surface area contributed by atoms with Crippen molar-refractivity contribution < 1.29 is 0 Å². The molecule has 1 nitrogen and oxygen atoms in total. The highest BCUT2D eigenvalue weighted by Crippen LogP contribution is 2.13. The van der Waals surface area contributed by atoms with Gasteiger partial charge in [-0.3, -0.25) is 4.90 Å². The number of rotatable bonds is 4. The van der Waals surface area contributed by atoms with Gasteiger partial charge in [-0.05, 0) is 31.7 Å². The zero-order valence-electron chi connectivity index (χ0n) is 8.50. The molecule has 0 fully saturated rings. The second-order valence-electron chi connectivity index (χ2n) is 3.54. The standard InChI is InChI=1S/C11H15Br2N/c1-9(7-12)14(2)8-10-3-5-11(13)6-4-10/h3-6,9H,7-8H2,1-2H3. The SMILES string of the molecule is CC(CBr)N(C)Cc1ccc(Br)cc1. The maximum absolute atomic E-state index is 3.49. The molecule has 0 aliphatic heterocycles. The minimum atomic E-state index is 0.568. The summed E-state index contributed by atoms with van der Waals surface area (Å²) >= 11 is 6.92. The van der Waals surface area contributed by atoms with Crippen LogP contribution in [0.25, 0.3) is 0 Å². The van der Waals surface area contributed by atoms with E-state index in [0.717, 1.165) is 16.3 Å². The first-order valence-electron chi connectivity index (χ1n) is 4.64. The van der Waals surface area contributed by atoms with Crippen LogP contribution in [0.2, 0.25) is 0 Å². The van der Waals surface area contributed by atoms with E-state index < -0.39 is 0 Å². The Morgan fingerprint density at radius 2 is 1.86 bits per heavy atom. The highest BCUT2D eigenvalue weighted by Gasteiger charge is 2.07. The summed E-state index contributed by atoms with van der Waals surface area (Å²) in [5, 5.41) is 1.01. The van der Waals surface area contributed by atoms with Gasteiger partial charge >= 0.3 is 0 Å². The fourth-order valence-electron chi connectivity index (χ4n) is 1.15. The average Bonchev–Trinajstić information content (AvgIpc) is 2.20. The molecule has 0 aliphatic carbocycles. The molecule has 0 spiro atoms. The Hall–Kier alpha value is 0.140. The molecule has 78 valence electrons. The minimum Gasteiger partial charge on any atom is -0.299 e. The first kappa shape index (κ1) is 12.2. The van der Waals surface area contributed by atoms with Crippen molar-refractivity contribution in [1.82, 2.24) is 4.90 Å². The summed E-state index contributed by atoms with van der Waals surface area (Å²) in [6, 6.07) is 9.05. The molecule has 0 heterocycles. The van der Waals surface area contributed by atoms with E-state index in [1.807, 2.05) is 0 Å². The summed E-state index contributed by atoms with van der Waals surface area (Å²) < 4.78 is 1.14. The van der Waals surface area contributed by atoms with Gasteiger partial charge in [-0.15, -0.1) is 0 Å². The molecule has 1 rings (SSSR count). The van der Waals surface area contributed by atoms with Crippen LogP contribution in [0.15, 0.2) is 28.7 Å². The molecule has 14 heavy (non-hydrogen) atoms. The van der Waals surface area contributed by atoms with Crippen molar-refractivity contribution in [1.29, 1.82) is 0 Å². The fraction of sp³-hybridized carbons (Fsp3) is 0.455. The average molecular weight is 321 g/mol. The summed E-state index contributed by atoms with van der Waals surface area (Å²) in [6.07, 6.45) is 0. The third-order valence-electron chi connectivity index (χ3n) is 2.32. The fourth-order valence-corrected chi connectivity index (χ4v) is 1.91. The molecule has 0 aromatic heterocycles. The Kier molecular flexibility index (Phi) is 5.13. The van der Waals surface area contributed by atoms with Gasteiger partial charge in [-0.1, -0.05) is 44.0 Å². The van der Waals surface area contributed by atoms with Gasteiger partial charge in [0.1, 0.15) is 0 Å². The lowest BCUT2D eigenvalue weighted by atomic mass is 10.2. The molecule has 3 heteroatoms. The van der Waals surface area contributed by atoms with E-state index >= 15 is 0 Å². The van der Waals surface area contributed by atoms with Gasteiger partial charge in [-0.25, -0.2) is 0 Å². The monoisotopic (exact) mass is 319 g/mol. The van der Waals surface area contributed by atoms with Gasteiger partial charge in [0.2, 0.25) is 0 Å². The van der Waals surface area contributed by atoms with Crippen LogP contribution in [0.1, 0.15) is 12.5 Å². The zero-order valence-corrected chi connectivity index (χ0v) is 11.7. The number of nitrogens with zero attached hydrogens (tertiary/aromatic N) is 1. The molecular formula is C11H15Br2N. The van der Waals surface area contributed by atoms with Gasteiger partial charge in [0.25, 0.3) is 0 Å². The van der Waals surface area contributed by atoms with Crippen LogP contribution in [-0.2, 0) is 6.54 Å². The second-order valence-corrected chi connectivity index (χ2v) is 5.11. The molecule has 0 bridgehead atoms.